The second-order valence-electron chi connectivity index (χ2n) is 5.74. The van der Waals surface area contributed by atoms with Crippen molar-refractivity contribution in [2.45, 2.75) is 32.1 Å². The summed E-state index contributed by atoms with van der Waals surface area (Å²) in [5, 5.41) is 3.50. The third kappa shape index (κ3) is 5.36. The average molecular weight is 240 g/mol. The van der Waals surface area contributed by atoms with Crippen molar-refractivity contribution >= 4 is 0 Å². The molecule has 1 saturated carbocycles. The molecule has 2 aliphatic rings. The zero-order valence-electron chi connectivity index (χ0n) is 11.3. The van der Waals surface area contributed by atoms with Gasteiger partial charge in [0, 0.05) is 20.2 Å². The molecular weight excluding hydrogens is 212 g/mol. The van der Waals surface area contributed by atoms with Gasteiger partial charge in [0.25, 0.3) is 0 Å². The van der Waals surface area contributed by atoms with Crippen LogP contribution in [0.4, 0.5) is 0 Å². The summed E-state index contributed by atoms with van der Waals surface area (Å²) in [5.41, 5.74) is 0. The molecule has 2 fully saturated rings. The van der Waals surface area contributed by atoms with E-state index in [-0.39, 0.29) is 0 Å². The second kappa shape index (κ2) is 7.34. The zero-order valence-corrected chi connectivity index (χ0v) is 11.3. The first-order valence-corrected chi connectivity index (χ1v) is 7.30. The maximum atomic E-state index is 5.05. The Kier molecular flexibility index (Phi) is 5.75. The van der Waals surface area contributed by atoms with Gasteiger partial charge in [-0.25, -0.2) is 0 Å². The third-order valence-corrected chi connectivity index (χ3v) is 4.07. The van der Waals surface area contributed by atoms with Gasteiger partial charge in [-0.1, -0.05) is 12.8 Å². The summed E-state index contributed by atoms with van der Waals surface area (Å²) in [6, 6.07) is 0. The third-order valence-electron chi connectivity index (χ3n) is 4.07. The zero-order chi connectivity index (χ0) is 11.9. The smallest absolute Gasteiger partial charge is 0.0587 e. The Morgan fingerprint density at radius 2 is 2.12 bits per heavy atom. The Morgan fingerprint density at radius 3 is 2.88 bits per heavy atom. The van der Waals surface area contributed by atoms with E-state index in [9.17, 15) is 0 Å². The molecule has 100 valence electrons. The van der Waals surface area contributed by atoms with Gasteiger partial charge in [-0.05, 0) is 50.7 Å². The summed E-state index contributed by atoms with van der Waals surface area (Å²) in [6.45, 7) is 6.99. The molecule has 3 nitrogen and oxygen atoms in total. The Hall–Kier alpha value is -0.120. The highest BCUT2D eigenvalue weighted by Gasteiger charge is 2.24. The van der Waals surface area contributed by atoms with Crippen molar-refractivity contribution in [3.63, 3.8) is 0 Å². The molecule has 1 atom stereocenters. The van der Waals surface area contributed by atoms with Crippen molar-refractivity contribution < 1.29 is 4.74 Å². The lowest BCUT2D eigenvalue weighted by molar-refractivity contribution is 0.162. The largest absolute Gasteiger partial charge is 0.383 e. The SMILES string of the molecule is COCCNCC1CCCN(CCC2CC2)C1. The predicted molar refractivity (Wildman–Crippen MR) is 71.3 cm³/mol. The van der Waals surface area contributed by atoms with Gasteiger partial charge in [0.05, 0.1) is 6.61 Å². The van der Waals surface area contributed by atoms with E-state index >= 15 is 0 Å². The molecule has 1 unspecified atom stereocenters. The normalized spacial score (nSPS) is 26.3. The number of likely N-dealkylation sites (tertiary alicyclic amines) is 1. The number of nitrogens with one attached hydrogen (secondary N) is 1. The molecule has 17 heavy (non-hydrogen) atoms. The molecule has 0 radical (unpaired) electrons. The molecule has 0 aromatic rings. The minimum atomic E-state index is 0.831. The fraction of sp³-hybridized carbons (Fsp3) is 1.00. The highest BCUT2D eigenvalue weighted by atomic mass is 16.5. The molecular formula is C14H28N2O. The van der Waals surface area contributed by atoms with E-state index in [2.05, 4.69) is 10.2 Å². The lowest BCUT2D eigenvalue weighted by Gasteiger charge is -2.32. The van der Waals surface area contributed by atoms with E-state index in [0.717, 1.165) is 25.0 Å². The van der Waals surface area contributed by atoms with Gasteiger partial charge in [-0.3, -0.25) is 0 Å². The molecule has 1 heterocycles. The molecule has 1 aliphatic heterocycles. The van der Waals surface area contributed by atoms with E-state index in [1.54, 1.807) is 7.11 Å². The molecule has 0 aromatic heterocycles. The number of nitrogens with zero attached hydrogens (tertiary/aromatic N) is 1. The van der Waals surface area contributed by atoms with E-state index < -0.39 is 0 Å². The van der Waals surface area contributed by atoms with Gasteiger partial charge in [-0.15, -0.1) is 0 Å². The summed E-state index contributed by atoms with van der Waals surface area (Å²) in [4.78, 5) is 2.69. The van der Waals surface area contributed by atoms with Crippen LogP contribution in [0, 0.1) is 11.8 Å². The van der Waals surface area contributed by atoms with Crippen LogP contribution in [0.2, 0.25) is 0 Å². The van der Waals surface area contributed by atoms with Gasteiger partial charge >= 0.3 is 0 Å². The summed E-state index contributed by atoms with van der Waals surface area (Å²) >= 11 is 0. The number of hydrogen-bond donors (Lipinski definition) is 1. The number of ether oxygens (including phenoxy) is 1. The predicted octanol–water partition coefficient (Wildman–Crippen LogP) is 1.73. The lowest BCUT2D eigenvalue weighted by atomic mass is 9.97. The van der Waals surface area contributed by atoms with E-state index in [4.69, 9.17) is 4.74 Å². The number of hydrogen-bond acceptors (Lipinski definition) is 3. The van der Waals surface area contributed by atoms with E-state index in [1.165, 1.54) is 58.3 Å². The monoisotopic (exact) mass is 240 g/mol. The van der Waals surface area contributed by atoms with Crippen molar-refractivity contribution in [3.8, 4) is 0 Å². The van der Waals surface area contributed by atoms with Crippen LogP contribution in [0.15, 0.2) is 0 Å². The molecule has 1 N–H and O–H groups in total. The summed E-state index contributed by atoms with van der Waals surface area (Å²) in [5.74, 6) is 1.94. The standard InChI is InChI=1S/C14H28N2O/c1-17-10-7-15-11-14-3-2-8-16(12-14)9-6-13-4-5-13/h13-15H,2-12H2,1H3. The van der Waals surface area contributed by atoms with Crippen LogP contribution < -0.4 is 5.32 Å². The maximum Gasteiger partial charge on any atom is 0.0587 e. The fourth-order valence-corrected chi connectivity index (χ4v) is 2.77. The minimum Gasteiger partial charge on any atom is -0.383 e. The Bertz CT molecular complexity index is 206. The number of piperidine rings is 1. The minimum absolute atomic E-state index is 0.831. The first kappa shape index (κ1) is 13.3. The van der Waals surface area contributed by atoms with Crippen molar-refractivity contribution in [3.05, 3.63) is 0 Å². The molecule has 0 aromatic carbocycles. The summed E-state index contributed by atoms with van der Waals surface area (Å²) < 4.78 is 5.05. The van der Waals surface area contributed by atoms with Gasteiger partial charge in [0.1, 0.15) is 0 Å². The van der Waals surface area contributed by atoms with Gasteiger partial charge in [0.15, 0.2) is 0 Å². The van der Waals surface area contributed by atoms with Crippen LogP contribution in [0.5, 0.6) is 0 Å². The van der Waals surface area contributed by atoms with Gasteiger partial charge in [0.2, 0.25) is 0 Å². The number of rotatable bonds is 8. The maximum absolute atomic E-state index is 5.05. The first-order chi connectivity index (χ1) is 8.38. The van der Waals surface area contributed by atoms with Crippen LogP contribution in [-0.4, -0.2) is 51.3 Å². The van der Waals surface area contributed by atoms with Crippen molar-refractivity contribution in [1.82, 2.24) is 10.2 Å². The van der Waals surface area contributed by atoms with Crippen molar-refractivity contribution in [2.24, 2.45) is 11.8 Å². The van der Waals surface area contributed by atoms with Crippen LogP contribution in [-0.2, 0) is 4.74 Å². The Labute approximate surface area is 106 Å². The first-order valence-electron chi connectivity index (χ1n) is 7.30. The van der Waals surface area contributed by atoms with Gasteiger partial charge < -0.3 is 15.0 Å². The summed E-state index contributed by atoms with van der Waals surface area (Å²) in [7, 11) is 1.77. The molecule has 2 rings (SSSR count). The molecule has 0 spiro atoms. The highest BCUT2D eigenvalue weighted by molar-refractivity contribution is 4.78. The average Bonchev–Trinajstić information content (AvgIpc) is 3.17. The molecule has 3 heteroatoms. The summed E-state index contributed by atoms with van der Waals surface area (Å²) in [6.07, 6.45) is 7.23. The Balaban J connectivity index is 1.55. The van der Waals surface area contributed by atoms with Crippen LogP contribution in [0.1, 0.15) is 32.1 Å². The molecule has 0 amide bonds. The quantitative estimate of drug-likeness (QED) is 0.654. The van der Waals surface area contributed by atoms with Gasteiger partial charge in [-0.2, -0.15) is 0 Å². The second-order valence-corrected chi connectivity index (χ2v) is 5.74. The van der Waals surface area contributed by atoms with E-state index in [1.807, 2.05) is 0 Å². The number of methoxy groups -OCH3 is 1. The van der Waals surface area contributed by atoms with Crippen molar-refractivity contribution in [1.29, 1.82) is 0 Å². The van der Waals surface area contributed by atoms with Crippen LogP contribution in [0.25, 0.3) is 0 Å². The molecule has 1 aliphatic carbocycles. The fourth-order valence-electron chi connectivity index (χ4n) is 2.77. The van der Waals surface area contributed by atoms with E-state index in [0.29, 0.717) is 0 Å². The van der Waals surface area contributed by atoms with Crippen LogP contribution in [0.3, 0.4) is 0 Å². The lowest BCUT2D eigenvalue weighted by Crippen LogP contribution is -2.40. The topological polar surface area (TPSA) is 24.5 Å². The molecule has 0 bridgehead atoms. The van der Waals surface area contributed by atoms with Crippen LogP contribution >= 0.6 is 0 Å². The molecule has 1 saturated heterocycles. The van der Waals surface area contributed by atoms with Crippen molar-refractivity contribution in [2.75, 3.05) is 46.4 Å². The highest BCUT2D eigenvalue weighted by Crippen LogP contribution is 2.32. The Morgan fingerprint density at radius 1 is 1.24 bits per heavy atom.